The highest BCUT2D eigenvalue weighted by Crippen LogP contribution is 2.34. The van der Waals surface area contributed by atoms with Crippen molar-refractivity contribution in [1.82, 2.24) is 19.6 Å². The molecule has 1 fully saturated rings. The number of carbonyl (C=O) groups excluding carboxylic acids is 1. The molecule has 3 aromatic rings. The summed E-state index contributed by atoms with van der Waals surface area (Å²) in [6.45, 7) is 0.678. The number of nitrogens with zero attached hydrogens (tertiary/aromatic N) is 5. The molecule has 0 radical (unpaired) electrons. The Labute approximate surface area is 162 Å². The standard InChI is InChI=1S/C21H20N6O/c28-19(8-3-14-1-2-14)15-4-6-17(7-5-15)26-20-21-24-13-25-27(21)18(12-23-20)16-9-10-22-11-16/h4-7,9,11-14H,1-3,8,10H2,(H,23,26). The van der Waals surface area contributed by atoms with Gasteiger partial charge in [-0.15, -0.1) is 0 Å². The van der Waals surface area contributed by atoms with Gasteiger partial charge in [0.2, 0.25) is 0 Å². The highest BCUT2D eigenvalue weighted by Gasteiger charge is 2.22. The van der Waals surface area contributed by atoms with E-state index < -0.39 is 0 Å². The lowest BCUT2D eigenvalue weighted by Crippen LogP contribution is -2.04. The van der Waals surface area contributed by atoms with Crippen LogP contribution in [-0.4, -0.2) is 38.1 Å². The second-order valence-corrected chi connectivity index (χ2v) is 7.25. The predicted molar refractivity (Wildman–Crippen MR) is 108 cm³/mol. The van der Waals surface area contributed by atoms with Crippen molar-refractivity contribution in [3.05, 3.63) is 54.1 Å². The van der Waals surface area contributed by atoms with Gasteiger partial charge in [0.15, 0.2) is 17.2 Å². The number of aromatic nitrogens is 4. The first kappa shape index (κ1) is 16.8. The quantitative estimate of drug-likeness (QED) is 0.639. The maximum absolute atomic E-state index is 12.3. The largest absolute Gasteiger partial charge is 0.337 e. The lowest BCUT2D eigenvalue weighted by molar-refractivity contribution is 0.0978. The van der Waals surface area contributed by atoms with Crippen LogP contribution >= 0.6 is 0 Å². The van der Waals surface area contributed by atoms with Gasteiger partial charge in [-0.1, -0.05) is 18.9 Å². The first-order valence-electron chi connectivity index (χ1n) is 9.57. The fraction of sp³-hybridized carbons (Fsp3) is 0.286. The molecule has 0 bridgehead atoms. The number of Topliss-reactive ketones (excluding diaryl/α,β-unsaturated/α-hetero) is 1. The summed E-state index contributed by atoms with van der Waals surface area (Å²) in [5.74, 6) is 1.60. The van der Waals surface area contributed by atoms with Gasteiger partial charge in [-0.05, 0) is 36.6 Å². The van der Waals surface area contributed by atoms with E-state index in [9.17, 15) is 4.79 Å². The van der Waals surface area contributed by atoms with E-state index in [0.29, 0.717) is 24.4 Å². The van der Waals surface area contributed by atoms with E-state index in [4.69, 9.17) is 0 Å². The molecule has 7 heteroatoms. The summed E-state index contributed by atoms with van der Waals surface area (Å²) in [7, 11) is 0. The third-order valence-electron chi connectivity index (χ3n) is 5.19. The molecule has 1 aliphatic heterocycles. The Morgan fingerprint density at radius 2 is 2.04 bits per heavy atom. The fourth-order valence-electron chi connectivity index (χ4n) is 3.39. The number of benzene rings is 1. The van der Waals surface area contributed by atoms with E-state index in [2.05, 4.69) is 25.4 Å². The first-order valence-corrected chi connectivity index (χ1v) is 9.57. The normalized spacial score (nSPS) is 15.8. The number of carbonyl (C=O) groups is 1. The van der Waals surface area contributed by atoms with Crippen LogP contribution in [0.3, 0.4) is 0 Å². The Hall–Kier alpha value is -3.35. The number of rotatable bonds is 7. The molecule has 1 aliphatic carbocycles. The number of anilines is 2. The van der Waals surface area contributed by atoms with E-state index in [1.54, 1.807) is 10.7 Å². The summed E-state index contributed by atoms with van der Waals surface area (Å²) in [6.07, 6.45) is 11.4. The number of fused-ring (bicyclic) bond motifs is 1. The highest BCUT2D eigenvalue weighted by atomic mass is 16.1. The van der Waals surface area contributed by atoms with Crippen molar-refractivity contribution >= 4 is 34.7 Å². The van der Waals surface area contributed by atoms with Crippen LogP contribution in [0.5, 0.6) is 0 Å². The maximum atomic E-state index is 12.3. The molecule has 2 aromatic heterocycles. The molecule has 140 valence electrons. The zero-order chi connectivity index (χ0) is 18.9. The Bertz CT molecular complexity index is 1090. The van der Waals surface area contributed by atoms with Crippen molar-refractivity contribution in [2.75, 3.05) is 11.9 Å². The molecule has 7 nitrogen and oxygen atoms in total. The van der Waals surface area contributed by atoms with Gasteiger partial charge < -0.3 is 5.32 Å². The number of hydrogen-bond donors (Lipinski definition) is 1. The molecule has 0 spiro atoms. The summed E-state index contributed by atoms with van der Waals surface area (Å²) in [5, 5.41) is 7.60. The van der Waals surface area contributed by atoms with Crippen molar-refractivity contribution in [3.8, 4) is 0 Å². The van der Waals surface area contributed by atoms with Gasteiger partial charge in [-0.25, -0.2) is 14.5 Å². The zero-order valence-electron chi connectivity index (χ0n) is 15.4. The van der Waals surface area contributed by atoms with Crippen molar-refractivity contribution in [3.63, 3.8) is 0 Å². The monoisotopic (exact) mass is 372 g/mol. The van der Waals surface area contributed by atoms with Gasteiger partial charge in [-0.3, -0.25) is 9.79 Å². The molecular weight excluding hydrogens is 352 g/mol. The van der Waals surface area contributed by atoms with Crippen molar-refractivity contribution in [1.29, 1.82) is 0 Å². The van der Waals surface area contributed by atoms with Crippen LogP contribution in [0.2, 0.25) is 0 Å². The number of hydrogen-bond acceptors (Lipinski definition) is 6. The fourth-order valence-corrected chi connectivity index (χ4v) is 3.39. The third-order valence-corrected chi connectivity index (χ3v) is 5.19. The molecule has 1 N–H and O–H groups in total. The van der Waals surface area contributed by atoms with E-state index in [1.807, 2.05) is 36.6 Å². The van der Waals surface area contributed by atoms with E-state index in [1.165, 1.54) is 19.2 Å². The van der Waals surface area contributed by atoms with Gasteiger partial charge in [-0.2, -0.15) is 5.10 Å². The van der Waals surface area contributed by atoms with Crippen LogP contribution in [0.15, 0.2) is 47.9 Å². The maximum Gasteiger partial charge on any atom is 0.199 e. The minimum atomic E-state index is 0.215. The molecule has 0 saturated heterocycles. The van der Waals surface area contributed by atoms with Crippen LogP contribution in [0.4, 0.5) is 11.5 Å². The number of allylic oxidation sites excluding steroid dienone is 1. The SMILES string of the molecule is O=C(CCC1CC1)c1ccc(Nc2ncc(C3=CCN=C3)n3ncnc23)cc1. The summed E-state index contributed by atoms with van der Waals surface area (Å²) in [6, 6.07) is 7.54. The molecule has 0 atom stereocenters. The molecular formula is C21H20N6O. The van der Waals surface area contributed by atoms with Crippen LogP contribution in [0.25, 0.3) is 11.2 Å². The topological polar surface area (TPSA) is 84.5 Å². The lowest BCUT2D eigenvalue weighted by Gasteiger charge is -2.09. The average molecular weight is 372 g/mol. The molecule has 0 amide bonds. The Kier molecular flexibility index (Phi) is 4.20. The smallest absolute Gasteiger partial charge is 0.199 e. The molecule has 28 heavy (non-hydrogen) atoms. The van der Waals surface area contributed by atoms with Gasteiger partial charge in [0, 0.05) is 29.5 Å². The molecule has 2 aliphatic rings. The van der Waals surface area contributed by atoms with Gasteiger partial charge in [0.1, 0.15) is 6.33 Å². The van der Waals surface area contributed by atoms with Crippen LogP contribution in [-0.2, 0) is 0 Å². The lowest BCUT2D eigenvalue weighted by atomic mass is 10.0. The Morgan fingerprint density at radius 3 is 2.79 bits per heavy atom. The molecule has 5 rings (SSSR count). The van der Waals surface area contributed by atoms with Gasteiger partial charge in [0.25, 0.3) is 0 Å². The second-order valence-electron chi connectivity index (χ2n) is 7.25. The van der Waals surface area contributed by atoms with Gasteiger partial charge in [0.05, 0.1) is 18.4 Å². The average Bonchev–Trinajstić information content (AvgIpc) is 3.18. The van der Waals surface area contributed by atoms with Crippen LogP contribution in [0, 0.1) is 5.92 Å². The van der Waals surface area contributed by atoms with Crippen molar-refractivity contribution in [2.24, 2.45) is 10.9 Å². The highest BCUT2D eigenvalue weighted by molar-refractivity contribution is 6.11. The van der Waals surface area contributed by atoms with Gasteiger partial charge >= 0.3 is 0 Å². The third kappa shape index (κ3) is 3.31. The molecule has 1 aromatic carbocycles. The predicted octanol–water partition coefficient (Wildman–Crippen LogP) is 3.71. The van der Waals surface area contributed by atoms with Crippen molar-refractivity contribution in [2.45, 2.75) is 25.7 Å². The number of aliphatic imine (C=N–C) groups is 1. The van der Waals surface area contributed by atoms with E-state index in [0.717, 1.165) is 34.9 Å². The van der Waals surface area contributed by atoms with Crippen LogP contribution < -0.4 is 5.32 Å². The Balaban J connectivity index is 1.35. The summed E-state index contributed by atoms with van der Waals surface area (Å²) >= 11 is 0. The number of ketones is 1. The minimum Gasteiger partial charge on any atom is -0.337 e. The zero-order valence-corrected chi connectivity index (χ0v) is 15.4. The molecule has 3 heterocycles. The summed E-state index contributed by atoms with van der Waals surface area (Å²) in [4.78, 5) is 25.4. The minimum absolute atomic E-state index is 0.215. The molecule has 1 saturated carbocycles. The van der Waals surface area contributed by atoms with Crippen LogP contribution in [0.1, 0.15) is 41.7 Å². The van der Waals surface area contributed by atoms with E-state index >= 15 is 0 Å². The number of nitrogens with one attached hydrogen (secondary N) is 1. The molecule has 0 unspecified atom stereocenters. The van der Waals surface area contributed by atoms with Crippen molar-refractivity contribution < 1.29 is 4.79 Å². The summed E-state index contributed by atoms with van der Waals surface area (Å²) < 4.78 is 1.76. The second kappa shape index (κ2) is 6.99. The Morgan fingerprint density at radius 1 is 1.18 bits per heavy atom. The van der Waals surface area contributed by atoms with E-state index in [-0.39, 0.29) is 5.78 Å². The summed E-state index contributed by atoms with van der Waals surface area (Å²) in [5.41, 5.74) is 4.10. The first-order chi connectivity index (χ1) is 13.8.